The number of carbonyl (C=O) groups is 1. The van der Waals surface area contributed by atoms with E-state index in [-0.39, 0.29) is 17.9 Å². The number of hydrogen-bond acceptors (Lipinski definition) is 5. The molecule has 2 heterocycles. The molecule has 0 atom stereocenters. The van der Waals surface area contributed by atoms with E-state index < -0.39 is 23.3 Å². The second kappa shape index (κ2) is 9.21. The molecule has 0 radical (unpaired) electrons. The third-order valence-corrected chi connectivity index (χ3v) is 6.08. The van der Waals surface area contributed by atoms with E-state index >= 15 is 0 Å². The number of aromatic nitrogens is 4. The average molecular weight is 459 g/mol. The molecule has 33 heavy (non-hydrogen) atoms. The molecule has 1 aliphatic rings. The van der Waals surface area contributed by atoms with Gasteiger partial charge in [-0.25, -0.2) is 14.6 Å². The Morgan fingerprint density at radius 2 is 1.79 bits per heavy atom. The first kappa shape index (κ1) is 22.8. The summed E-state index contributed by atoms with van der Waals surface area (Å²) in [6.45, 7) is 0.225. The fourth-order valence-electron chi connectivity index (χ4n) is 4.35. The van der Waals surface area contributed by atoms with Crippen LogP contribution in [0.1, 0.15) is 53.7 Å². The highest BCUT2D eigenvalue weighted by Gasteiger charge is 2.40. The third-order valence-electron chi connectivity index (χ3n) is 6.08. The number of ether oxygens (including phenoxy) is 1. The molecule has 0 aliphatic heterocycles. The van der Waals surface area contributed by atoms with E-state index in [0.717, 1.165) is 54.3 Å². The lowest BCUT2D eigenvalue weighted by Gasteiger charge is -2.38. The summed E-state index contributed by atoms with van der Waals surface area (Å²) in [5.74, 6) is -0.161. The van der Waals surface area contributed by atoms with Crippen LogP contribution in [-0.2, 0) is 11.6 Å². The Morgan fingerprint density at radius 3 is 2.39 bits per heavy atom. The first-order valence-corrected chi connectivity index (χ1v) is 10.7. The summed E-state index contributed by atoms with van der Waals surface area (Å²) in [5.41, 5.74) is -1.14. The Balaban J connectivity index is 1.60. The van der Waals surface area contributed by atoms with Crippen LogP contribution >= 0.6 is 0 Å². The van der Waals surface area contributed by atoms with Crippen LogP contribution in [0.15, 0.2) is 48.9 Å². The number of alkyl halides is 3. The van der Waals surface area contributed by atoms with E-state index in [1.165, 1.54) is 18.5 Å². The van der Waals surface area contributed by atoms with Crippen LogP contribution in [0.4, 0.5) is 13.2 Å². The van der Waals surface area contributed by atoms with Gasteiger partial charge in [-0.1, -0.05) is 31.4 Å². The van der Waals surface area contributed by atoms with Gasteiger partial charge in [-0.3, -0.25) is 4.79 Å². The minimum absolute atomic E-state index is 0.0518. The molecule has 0 unspecified atom stereocenters. The topological polar surface area (TPSA) is 81.9 Å². The first-order valence-electron chi connectivity index (χ1n) is 10.7. The van der Waals surface area contributed by atoms with Crippen molar-refractivity contribution >= 4 is 5.91 Å². The summed E-state index contributed by atoms with van der Waals surface area (Å²) >= 11 is 0. The summed E-state index contributed by atoms with van der Waals surface area (Å²) in [6.07, 6.45) is 3.73. The van der Waals surface area contributed by atoms with Gasteiger partial charge in [-0.2, -0.15) is 18.3 Å². The fraction of sp³-hybridized carbons (Fsp3) is 0.391. The number of hydrogen-bond donors (Lipinski definition) is 1. The largest absolute Gasteiger partial charge is 0.497 e. The van der Waals surface area contributed by atoms with Gasteiger partial charge >= 0.3 is 6.18 Å². The minimum atomic E-state index is -4.80. The highest BCUT2D eigenvalue weighted by Crippen LogP contribution is 2.40. The van der Waals surface area contributed by atoms with E-state index in [2.05, 4.69) is 20.4 Å². The Bertz CT molecular complexity index is 1090. The van der Waals surface area contributed by atoms with Crippen molar-refractivity contribution in [3.05, 3.63) is 65.7 Å². The highest BCUT2D eigenvalue weighted by atomic mass is 19.4. The fourth-order valence-corrected chi connectivity index (χ4v) is 4.35. The quantitative estimate of drug-likeness (QED) is 0.594. The van der Waals surface area contributed by atoms with Gasteiger partial charge in [0.15, 0.2) is 5.69 Å². The predicted molar refractivity (Wildman–Crippen MR) is 114 cm³/mol. The van der Waals surface area contributed by atoms with Crippen molar-refractivity contribution in [2.45, 2.75) is 43.7 Å². The molecule has 2 aromatic heterocycles. The lowest BCUT2D eigenvalue weighted by atomic mass is 9.69. The Labute approximate surface area is 189 Å². The molecular weight excluding hydrogens is 435 g/mol. The lowest BCUT2D eigenvalue weighted by molar-refractivity contribution is -0.141. The Hall–Kier alpha value is -3.43. The van der Waals surface area contributed by atoms with Crippen LogP contribution in [0.5, 0.6) is 5.75 Å². The molecule has 3 aromatic rings. The molecule has 0 saturated heterocycles. The smallest absolute Gasteiger partial charge is 0.435 e. The number of nitrogens with one attached hydrogen (secondary N) is 1. The standard InChI is InChI=1S/C23H24F3N5O2/c1-33-17-8-6-16(7-9-17)22(10-3-2-4-11-22)15-29-20(32)18-14-31(21-27-12-5-13-28-21)30-19(18)23(24,25)26/h5-9,12-14H,2-4,10-11,15H2,1H3,(H,29,32). The van der Waals surface area contributed by atoms with Gasteiger partial charge in [0.2, 0.25) is 5.95 Å². The zero-order valence-electron chi connectivity index (χ0n) is 18.1. The summed E-state index contributed by atoms with van der Waals surface area (Å²) < 4.78 is 47.0. The summed E-state index contributed by atoms with van der Waals surface area (Å²) in [7, 11) is 1.59. The second-order valence-corrected chi connectivity index (χ2v) is 8.13. The van der Waals surface area contributed by atoms with E-state index in [9.17, 15) is 18.0 Å². The van der Waals surface area contributed by atoms with Crippen molar-refractivity contribution in [2.75, 3.05) is 13.7 Å². The highest BCUT2D eigenvalue weighted by molar-refractivity contribution is 5.95. The number of nitrogens with zero attached hydrogens (tertiary/aromatic N) is 4. The second-order valence-electron chi connectivity index (χ2n) is 8.13. The van der Waals surface area contributed by atoms with Gasteiger partial charge in [0, 0.05) is 30.6 Å². The van der Waals surface area contributed by atoms with E-state index in [0.29, 0.717) is 0 Å². The number of rotatable bonds is 6. The molecule has 1 saturated carbocycles. The zero-order chi connectivity index (χ0) is 23.5. The van der Waals surface area contributed by atoms with E-state index in [4.69, 9.17) is 4.74 Å². The van der Waals surface area contributed by atoms with E-state index in [1.54, 1.807) is 7.11 Å². The first-order chi connectivity index (χ1) is 15.8. The molecule has 1 aliphatic carbocycles. The van der Waals surface area contributed by atoms with E-state index in [1.807, 2.05) is 24.3 Å². The number of halogens is 3. The molecule has 4 rings (SSSR count). The van der Waals surface area contributed by atoms with Crippen LogP contribution in [-0.4, -0.2) is 39.3 Å². The molecular formula is C23H24F3N5O2. The van der Waals surface area contributed by atoms with Crippen LogP contribution in [0.25, 0.3) is 5.95 Å². The van der Waals surface area contributed by atoms with Crippen LogP contribution in [0.3, 0.4) is 0 Å². The van der Waals surface area contributed by atoms with Crippen LogP contribution in [0, 0.1) is 0 Å². The molecule has 1 N–H and O–H groups in total. The third kappa shape index (κ3) is 4.84. The maximum atomic E-state index is 13.6. The number of methoxy groups -OCH3 is 1. The normalized spacial score (nSPS) is 15.8. The van der Waals surface area contributed by atoms with Gasteiger partial charge in [0.1, 0.15) is 5.75 Å². The molecule has 174 valence electrons. The number of carbonyl (C=O) groups excluding carboxylic acids is 1. The Morgan fingerprint density at radius 1 is 1.12 bits per heavy atom. The molecule has 0 spiro atoms. The molecule has 1 fully saturated rings. The molecule has 0 bridgehead atoms. The monoisotopic (exact) mass is 459 g/mol. The number of amides is 1. The van der Waals surface area contributed by atoms with Crippen LogP contribution in [0.2, 0.25) is 0 Å². The average Bonchev–Trinajstić information content (AvgIpc) is 3.30. The van der Waals surface area contributed by atoms with Crippen molar-refractivity contribution in [1.29, 1.82) is 0 Å². The van der Waals surface area contributed by atoms with Crippen molar-refractivity contribution in [2.24, 2.45) is 0 Å². The maximum absolute atomic E-state index is 13.6. The van der Waals surface area contributed by atoms with Crippen molar-refractivity contribution in [3.63, 3.8) is 0 Å². The summed E-state index contributed by atoms with van der Waals surface area (Å²) in [4.78, 5) is 20.8. The predicted octanol–water partition coefficient (Wildman–Crippen LogP) is 4.32. The lowest BCUT2D eigenvalue weighted by Crippen LogP contribution is -2.42. The van der Waals surface area contributed by atoms with Gasteiger partial charge < -0.3 is 10.1 Å². The SMILES string of the molecule is COc1ccc(C2(CNC(=O)c3cn(-c4ncccn4)nc3C(F)(F)F)CCCCC2)cc1. The van der Waals surface area contributed by atoms with Gasteiger partial charge in [-0.15, -0.1) is 0 Å². The van der Waals surface area contributed by atoms with Crippen molar-refractivity contribution in [1.82, 2.24) is 25.1 Å². The van der Waals surface area contributed by atoms with Crippen molar-refractivity contribution in [3.8, 4) is 11.7 Å². The van der Waals surface area contributed by atoms with Crippen LogP contribution < -0.4 is 10.1 Å². The zero-order valence-corrected chi connectivity index (χ0v) is 18.1. The molecule has 7 nitrogen and oxygen atoms in total. The van der Waals surface area contributed by atoms with Gasteiger partial charge in [-0.05, 0) is 36.6 Å². The summed E-state index contributed by atoms with van der Waals surface area (Å²) in [5, 5.41) is 6.30. The molecule has 10 heteroatoms. The molecule has 1 amide bonds. The summed E-state index contributed by atoms with van der Waals surface area (Å²) in [6, 6.07) is 9.18. The van der Waals surface area contributed by atoms with Gasteiger partial charge in [0.05, 0.1) is 12.7 Å². The minimum Gasteiger partial charge on any atom is -0.497 e. The van der Waals surface area contributed by atoms with Gasteiger partial charge in [0.25, 0.3) is 5.91 Å². The Kier molecular flexibility index (Phi) is 6.35. The number of benzene rings is 1. The maximum Gasteiger partial charge on any atom is 0.435 e. The molecule has 1 aromatic carbocycles. The van der Waals surface area contributed by atoms with Crippen molar-refractivity contribution < 1.29 is 22.7 Å².